The largest absolute Gasteiger partial charge is 0.377 e. The second-order valence-electron chi connectivity index (χ2n) is 3.65. The van der Waals surface area contributed by atoms with Gasteiger partial charge in [-0.2, -0.15) is 0 Å². The van der Waals surface area contributed by atoms with Crippen LogP contribution in [-0.2, 0) is 4.74 Å². The number of rotatable bonds is 3. The molecule has 1 aromatic rings. The Morgan fingerprint density at radius 1 is 1.60 bits per heavy atom. The summed E-state index contributed by atoms with van der Waals surface area (Å²) in [5, 5.41) is 3.63. The van der Waals surface area contributed by atoms with E-state index in [1.54, 1.807) is 0 Å². The van der Waals surface area contributed by atoms with Gasteiger partial charge in [0.15, 0.2) is 0 Å². The van der Waals surface area contributed by atoms with Crippen LogP contribution in [0.25, 0.3) is 0 Å². The van der Waals surface area contributed by atoms with E-state index >= 15 is 0 Å². The van der Waals surface area contributed by atoms with Gasteiger partial charge in [-0.3, -0.25) is 0 Å². The Morgan fingerprint density at radius 2 is 2.47 bits per heavy atom. The molecule has 0 amide bonds. The molecule has 2 rings (SSSR count). The van der Waals surface area contributed by atoms with E-state index in [9.17, 15) is 0 Å². The van der Waals surface area contributed by atoms with Gasteiger partial charge in [-0.05, 0) is 25.5 Å². The van der Waals surface area contributed by atoms with E-state index in [4.69, 9.17) is 4.74 Å². The Labute approximate surface area is 94.6 Å². The van der Waals surface area contributed by atoms with E-state index in [1.165, 1.54) is 4.90 Å². The second-order valence-corrected chi connectivity index (χ2v) is 4.96. The first-order chi connectivity index (χ1) is 7.29. The molecule has 2 heterocycles. The van der Waals surface area contributed by atoms with E-state index < -0.39 is 0 Å². The molecular formula is C11H16N2OS. The number of hydrogen-bond donors (Lipinski definition) is 1. The highest BCUT2D eigenvalue weighted by Gasteiger charge is 2.24. The first kappa shape index (κ1) is 10.8. The zero-order valence-corrected chi connectivity index (χ0v) is 9.88. The Morgan fingerprint density at radius 3 is 3.13 bits per heavy atom. The summed E-state index contributed by atoms with van der Waals surface area (Å²) in [6, 6.07) is 4.13. The lowest BCUT2D eigenvalue weighted by Crippen LogP contribution is -2.12. The van der Waals surface area contributed by atoms with Crippen LogP contribution in [0.5, 0.6) is 0 Å². The first-order valence-electron chi connectivity index (χ1n) is 5.21. The summed E-state index contributed by atoms with van der Waals surface area (Å²) < 4.78 is 5.54. The second kappa shape index (κ2) is 4.86. The number of nitrogens with zero attached hydrogens (tertiary/aromatic N) is 1. The fraction of sp³-hybridized carbons (Fsp3) is 0.545. The Kier molecular flexibility index (Phi) is 3.49. The van der Waals surface area contributed by atoms with E-state index in [0.717, 1.165) is 18.8 Å². The number of thioether (sulfide) groups is 1. The van der Waals surface area contributed by atoms with Crippen LogP contribution >= 0.6 is 11.8 Å². The molecule has 0 aromatic carbocycles. The molecule has 0 radical (unpaired) electrons. The summed E-state index contributed by atoms with van der Waals surface area (Å²) in [6.07, 6.45) is 3.35. The first-order valence-corrected chi connectivity index (χ1v) is 6.09. The van der Waals surface area contributed by atoms with E-state index in [0.29, 0.717) is 11.4 Å². The van der Waals surface area contributed by atoms with Crippen molar-refractivity contribution >= 4 is 17.6 Å². The standard InChI is InChI=1S/C11H16N2OS/c1-8-10(4-6-14-8)15-9-3-5-13-11(7-9)12-2/h3,5,7-8,10H,4,6H2,1-2H3,(H,12,13). The molecule has 1 aliphatic heterocycles. The summed E-state index contributed by atoms with van der Waals surface area (Å²) in [4.78, 5) is 5.46. The summed E-state index contributed by atoms with van der Waals surface area (Å²) >= 11 is 1.88. The van der Waals surface area contributed by atoms with Crippen molar-refractivity contribution in [2.45, 2.75) is 29.6 Å². The van der Waals surface area contributed by atoms with Crippen LogP contribution < -0.4 is 5.32 Å². The van der Waals surface area contributed by atoms with Crippen molar-refractivity contribution in [1.29, 1.82) is 0 Å². The lowest BCUT2D eigenvalue weighted by Gasteiger charge is -2.13. The highest BCUT2D eigenvalue weighted by molar-refractivity contribution is 8.00. The Balaban J connectivity index is 2.03. The molecule has 0 bridgehead atoms. The number of aromatic nitrogens is 1. The molecule has 2 atom stereocenters. The number of nitrogens with one attached hydrogen (secondary N) is 1. The maximum Gasteiger partial charge on any atom is 0.126 e. The quantitative estimate of drug-likeness (QED) is 0.855. The SMILES string of the molecule is CNc1cc(SC2CCOC2C)ccn1. The minimum absolute atomic E-state index is 0.362. The predicted molar refractivity (Wildman–Crippen MR) is 63.5 cm³/mol. The fourth-order valence-corrected chi connectivity index (χ4v) is 2.82. The van der Waals surface area contributed by atoms with E-state index in [1.807, 2.05) is 25.0 Å². The average Bonchev–Trinajstić information content (AvgIpc) is 2.65. The summed E-state index contributed by atoms with van der Waals surface area (Å²) in [5.74, 6) is 0.923. The predicted octanol–water partition coefficient (Wildman–Crippen LogP) is 2.39. The zero-order chi connectivity index (χ0) is 10.7. The Bertz CT molecular complexity index is 332. The molecule has 1 aliphatic rings. The van der Waals surface area contributed by atoms with Crippen molar-refractivity contribution in [2.24, 2.45) is 0 Å². The topological polar surface area (TPSA) is 34.1 Å². The number of hydrogen-bond acceptors (Lipinski definition) is 4. The third-order valence-corrected chi connectivity index (χ3v) is 4.03. The van der Waals surface area contributed by atoms with Crippen molar-refractivity contribution in [3.63, 3.8) is 0 Å². The minimum Gasteiger partial charge on any atom is -0.377 e. The minimum atomic E-state index is 0.362. The van der Waals surface area contributed by atoms with Crippen LogP contribution in [-0.4, -0.2) is 30.0 Å². The molecule has 0 spiro atoms. The van der Waals surface area contributed by atoms with Crippen LogP contribution in [0.1, 0.15) is 13.3 Å². The van der Waals surface area contributed by atoms with Gasteiger partial charge in [0.2, 0.25) is 0 Å². The highest BCUT2D eigenvalue weighted by Crippen LogP contribution is 2.32. The van der Waals surface area contributed by atoms with Gasteiger partial charge in [0.1, 0.15) is 5.82 Å². The van der Waals surface area contributed by atoms with Gasteiger partial charge >= 0.3 is 0 Å². The fourth-order valence-electron chi connectivity index (χ4n) is 1.66. The van der Waals surface area contributed by atoms with Gasteiger partial charge in [-0.15, -0.1) is 11.8 Å². The van der Waals surface area contributed by atoms with Gasteiger partial charge in [0.05, 0.1) is 6.10 Å². The monoisotopic (exact) mass is 224 g/mol. The molecule has 82 valence electrons. The molecule has 1 fully saturated rings. The van der Waals surface area contributed by atoms with Gasteiger partial charge in [0.25, 0.3) is 0 Å². The lowest BCUT2D eigenvalue weighted by molar-refractivity contribution is 0.127. The van der Waals surface area contributed by atoms with Gasteiger partial charge < -0.3 is 10.1 Å². The Hall–Kier alpha value is -0.740. The zero-order valence-electron chi connectivity index (χ0n) is 9.06. The smallest absolute Gasteiger partial charge is 0.126 e. The molecule has 1 saturated heterocycles. The number of anilines is 1. The molecule has 2 unspecified atom stereocenters. The average molecular weight is 224 g/mol. The van der Waals surface area contributed by atoms with E-state index in [2.05, 4.69) is 29.4 Å². The lowest BCUT2D eigenvalue weighted by atomic mass is 10.3. The molecule has 0 saturated carbocycles. The van der Waals surface area contributed by atoms with Crippen LogP contribution in [0.15, 0.2) is 23.2 Å². The molecule has 4 heteroatoms. The van der Waals surface area contributed by atoms with Gasteiger partial charge in [-0.1, -0.05) is 0 Å². The van der Waals surface area contributed by atoms with Gasteiger partial charge in [0, 0.05) is 30.0 Å². The summed E-state index contributed by atoms with van der Waals surface area (Å²) in [5.41, 5.74) is 0. The molecular weight excluding hydrogens is 208 g/mol. The number of pyridine rings is 1. The maximum atomic E-state index is 5.54. The molecule has 1 aromatic heterocycles. The normalized spacial score (nSPS) is 25.5. The van der Waals surface area contributed by atoms with Crippen molar-refractivity contribution in [3.8, 4) is 0 Å². The van der Waals surface area contributed by atoms with Crippen LogP contribution in [0.2, 0.25) is 0 Å². The van der Waals surface area contributed by atoms with Crippen molar-refractivity contribution < 1.29 is 4.74 Å². The molecule has 0 aliphatic carbocycles. The van der Waals surface area contributed by atoms with Crippen LogP contribution in [0.4, 0.5) is 5.82 Å². The van der Waals surface area contributed by atoms with Crippen LogP contribution in [0, 0.1) is 0 Å². The third kappa shape index (κ3) is 2.63. The summed E-state index contributed by atoms with van der Waals surface area (Å²) in [6.45, 7) is 3.04. The van der Waals surface area contributed by atoms with Crippen molar-refractivity contribution in [2.75, 3.05) is 19.0 Å². The van der Waals surface area contributed by atoms with Gasteiger partial charge in [-0.25, -0.2) is 4.98 Å². The van der Waals surface area contributed by atoms with Crippen molar-refractivity contribution in [1.82, 2.24) is 4.98 Å². The summed E-state index contributed by atoms with van der Waals surface area (Å²) in [7, 11) is 1.89. The third-order valence-electron chi connectivity index (χ3n) is 2.58. The molecule has 15 heavy (non-hydrogen) atoms. The van der Waals surface area contributed by atoms with Crippen LogP contribution in [0.3, 0.4) is 0 Å². The molecule has 3 nitrogen and oxygen atoms in total. The maximum absolute atomic E-state index is 5.54. The molecule has 1 N–H and O–H groups in total. The van der Waals surface area contributed by atoms with E-state index in [-0.39, 0.29) is 0 Å². The highest BCUT2D eigenvalue weighted by atomic mass is 32.2. The van der Waals surface area contributed by atoms with Crippen molar-refractivity contribution in [3.05, 3.63) is 18.3 Å². The number of ether oxygens (including phenoxy) is 1.